The van der Waals surface area contributed by atoms with E-state index in [1.54, 1.807) is 19.1 Å². The molecule has 3 aromatic carbocycles. The number of rotatable bonds is 12. The highest BCUT2D eigenvalue weighted by atomic mass is 32.2. The summed E-state index contributed by atoms with van der Waals surface area (Å²) < 4.78 is 42.8. The first-order valence-electron chi connectivity index (χ1n) is 12.6. The Kier molecular flexibility index (Phi) is 9.94. The second-order valence-electron chi connectivity index (χ2n) is 9.21. The van der Waals surface area contributed by atoms with Crippen LogP contribution in [0.25, 0.3) is 0 Å². The Morgan fingerprint density at radius 1 is 1.00 bits per heavy atom. The fraction of sp³-hybridized carbons (Fsp3) is 0.286. The molecule has 0 saturated heterocycles. The van der Waals surface area contributed by atoms with Gasteiger partial charge in [-0.15, -0.1) is 0 Å². The number of anilines is 1. The maximum atomic E-state index is 14.6. The van der Waals surface area contributed by atoms with Crippen molar-refractivity contribution in [3.05, 3.63) is 100 Å². The predicted molar refractivity (Wildman–Crippen MR) is 148 cm³/mol. The average Bonchev–Trinajstić information content (AvgIpc) is 2.95. The molecule has 212 valence electrons. The third kappa shape index (κ3) is 7.20. The van der Waals surface area contributed by atoms with Gasteiger partial charge in [0.2, 0.25) is 11.8 Å². The van der Waals surface area contributed by atoms with Crippen molar-refractivity contribution in [2.45, 2.75) is 50.7 Å². The molecule has 0 aromatic heterocycles. The Bertz CT molecular complexity index is 1470. The maximum Gasteiger partial charge on any atom is 0.271 e. The fourth-order valence-electron chi connectivity index (χ4n) is 3.87. The number of nitro benzene ring substituents is 1. The minimum atomic E-state index is -4.39. The highest BCUT2D eigenvalue weighted by Gasteiger charge is 2.33. The van der Waals surface area contributed by atoms with Crippen LogP contribution in [0.2, 0.25) is 0 Å². The number of amides is 2. The number of non-ortho nitro benzene ring substituents is 1. The molecule has 3 aromatic rings. The summed E-state index contributed by atoms with van der Waals surface area (Å²) in [7, 11) is -4.39. The summed E-state index contributed by atoms with van der Waals surface area (Å²) in [5.41, 5.74) is -0.358. The van der Waals surface area contributed by atoms with Gasteiger partial charge >= 0.3 is 0 Å². The first-order chi connectivity index (χ1) is 18.9. The monoisotopic (exact) mass is 570 g/mol. The summed E-state index contributed by atoms with van der Waals surface area (Å²) in [6.07, 6.45) is 0.635. The van der Waals surface area contributed by atoms with Crippen LogP contribution >= 0.6 is 0 Å². The Hall–Kier alpha value is -4.32. The Morgan fingerprint density at radius 2 is 1.65 bits per heavy atom. The van der Waals surface area contributed by atoms with Crippen LogP contribution in [0.4, 0.5) is 15.8 Å². The Morgan fingerprint density at radius 3 is 2.27 bits per heavy atom. The molecule has 0 aliphatic heterocycles. The molecule has 12 heteroatoms. The number of halogens is 1. The lowest BCUT2D eigenvalue weighted by Gasteiger charge is -2.32. The van der Waals surface area contributed by atoms with E-state index in [1.165, 1.54) is 67.6 Å². The molecule has 0 fully saturated rings. The number of carbonyl (C=O) groups is 2. The van der Waals surface area contributed by atoms with Gasteiger partial charge in [0.1, 0.15) is 18.4 Å². The molecule has 0 saturated carbocycles. The summed E-state index contributed by atoms with van der Waals surface area (Å²) in [6.45, 7) is 4.04. The minimum absolute atomic E-state index is 0.117. The van der Waals surface area contributed by atoms with Crippen LogP contribution in [0, 0.1) is 15.9 Å². The SMILES string of the molecule is CCC(C)NC(=O)C(C)N(Cc1ccccc1F)C(=O)CN(c1cccc([N+](=O)[O-])c1)S(=O)(=O)c1ccccc1. The summed E-state index contributed by atoms with van der Waals surface area (Å²) >= 11 is 0. The molecule has 0 radical (unpaired) electrons. The van der Waals surface area contributed by atoms with Gasteiger partial charge in [0.05, 0.1) is 15.5 Å². The van der Waals surface area contributed by atoms with Crippen LogP contribution in [-0.2, 0) is 26.2 Å². The zero-order chi connectivity index (χ0) is 29.4. The standard InChI is InChI=1S/C28H31FN4O6S/c1-4-20(2)30-28(35)21(3)31(18-22-11-8-9-16-26(22)29)27(34)19-32(23-12-10-13-24(17-23)33(36)37)40(38,39)25-14-6-5-7-15-25/h5-17,20-21H,4,18-19H2,1-3H3,(H,30,35). The van der Waals surface area contributed by atoms with Crippen molar-refractivity contribution in [3.8, 4) is 0 Å². The van der Waals surface area contributed by atoms with Crippen LogP contribution in [-0.4, -0.2) is 48.7 Å². The molecule has 10 nitrogen and oxygen atoms in total. The minimum Gasteiger partial charge on any atom is -0.352 e. The molecule has 2 amide bonds. The number of carbonyl (C=O) groups excluding carboxylic acids is 2. The largest absolute Gasteiger partial charge is 0.352 e. The topological polar surface area (TPSA) is 130 Å². The predicted octanol–water partition coefficient (Wildman–Crippen LogP) is 4.26. The van der Waals surface area contributed by atoms with E-state index in [4.69, 9.17) is 0 Å². The van der Waals surface area contributed by atoms with Gasteiger partial charge in [-0.2, -0.15) is 0 Å². The second kappa shape index (κ2) is 13.2. The van der Waals surface area contributed by atoms with Crippen LogP contribution in [0.15, 0.2) is 83.8 Å². The third-order valence-electron chi connectivity index (χ3n) is 6.41. The van der Waals surface area contributed by atoms with Crippen LogP contribution in [0.3, 0.4) is 0 Å². The number of nitrogens with zero attached hydrogens (tertiary/aromatic N) is 3. The molecule has 0 spiro atoms. The quantitative estimate of drug-likeness (QED) is 0.256. The van der Waals surface area contributed by atoms with E-state index >= 15 is 0 Å². The smallest absolute Gasteiger partial charge is 0.271 e. The molecular formula is C28H31FN4O6S. The zero-order valence-corrected chi connectivity index (χ0v) is 23.2. The van der Waals surface area contributed by atoms with E-state index in [-0.39, 0.29) is 34.4 Å². The lowest BCUT2D eigenvalue weighted by atomic mass is 10.1. The number of nitrogens with one attached hydrogen (secondary N) is 1. The molecule has 40 heavy (non-hydrogen) atoms. The van der Waals surface area contributed by atoms with E-state index < -0.39 is 45.2 Å². The van der Waals surface area contributed by atoms with E-state index in [9.17, 15) is 32.5 Å². The van der Waals surface area contributed by atoms with E-state index in [1.807, 2.05) is 6.92 Å². The lowest BCUT2D eigenvalue weighted by molar-refractivity contribution is -0.384. The van der Waals surface area contributed by atoms with Crippen molar-refractivity contribution >= 4 is 33.2 Å². The number of hydrogen-bond donors (Lipinski definition) is 1. The van der Waals surface area contributed by atoms with Crippen LogP contribution in [0.1, 0.15) is 32.8 Å². The van der Waals surface area contributed by atoms with Crippen molar-refractivity contribution < 1.29 is 27.3 Å². The number of hydrogen-bond acceptors (Lipinski definition) is 6. The van der Waals surface area contributed by atoms with Gasteiger partial charge in [-0.1, -0.05) is 49.4 Å². The van der Waals surface area contributed by atoms with Crippen molar-refractivity contribution in [1.29, 1.82) is 0 Å². The molecule has 2 atom stereocenters. The summed E-state index contributed by atoms with van der Waals surface area (Å²) in [6, 6.07) is 16.7. The molecule has 0 bridgehead atoms. The van der Waals surface area contributed by atoms with Crippen LogP contribution in [0.5, 0.6) is 0 Å². The van der Waals surface area contributed by atoms with Gasteiger partial charge in [0.15, 0.2) is 0 Å². The van der Waals surface area contributed by atoms with E-state index in [2.05, 4.69) is 5.32 Å². The van der Waals surface area contributed by atoms with Gasteiger partial charge < -0.3 is 10.2 Å². The van der Waals surface area contributed by atoms with E-state index in [0.29, 0.717) is 6.42 Å². The summed E-state index contributed by atoms with van der Waals surface area (Å²) in [5, 5.41) is 14.2. The highest BCUT2D eigenvalue weighted by Crippen LogP contribution is 2.27. The highest BCUT2D eigenvalue weighted by molar-refractivity contribution is 7.92. The Balaban J connectivity index is 2.07. The number of sulfonamides is 1. The van der Waals surface area contributed by atoms with Crippen LogP contribution < -0.4 is 9.62 Å². The van der Waals surface area contributed by atoms with Gasteiger partial charge in [-0.05, 0) is 44.5 Å². The fourth-order valence-corrected chi connectivity index (χ4v) is 5.30. The molecular weight excluding hydrogens is 539 g/mol. The average molecular weight is 571 g/mol. The third-order valence-corrected chi connectivity index (χ3v) is 8.19. The van der Waals surface area contributed by atoms with Crippen molar-refractivity contribution in [2.75, 3.05) is 10.8 Å². The normalized spacial score (nSPS) is 12.7. The molecule has 2 unspecified atom stereocenters. The Labute approximate surface area is 232 Å². The first kappa shape index (κ1) is 30.2. The number of benzene rings is 3. The molecule has 1 N–H and O–H groups in total. The molecule has 0 heterocycles. The molecule has 0 aliphatic carbocycles. The zero-order valence-electron chi connectivity index (χ0n) is 22.4. The van der Waals surface area contributed by atoms with Gasteiger partial charge in [-0.25, -0.2) is 12.8 Å². The summed E-state index contributed by atoms with van der Waals surface area (Å²) in [5.74, 6) is -1.89. The van der Waals surface area contributed by atoms with Gasteiger partial charge in [0, 0.05) is 30.3 Å². The maximum absolute atomic E-state index is 14.6. The summed E-state index contributed by atoms with van der Waals surface area (Å²) in [4.78, 5) is 38.5. The number of nitro groups is 1. The van der Waals surface area contributed by atoms with E-state index in [0.717, 1.165) is 15.3 Å². The van der Waals surface area contributed by atoms with Gasteiger partial charge in [0.25, 0.3) is 15.7 Å². The van der Waals surface area contributed by atoms with Crippen molar-refractivity contribution in [2.24, 2.45) is 0 Å². The second-order valence-corrected chi connectivity index (χ2v) is 11.1. The van der Waals surface area contributed by atoms with Gasteiger partial charge in [-0.3, -0.25) is 24.0 Å². The molecule has 3 rings (SSSR count). The van der Waals surface area contributed by atoms with Crippen molar-refractivity contribution in [1.82, 2.24) is 10.2 Å². The van der Waals surface area contributed by atoms with Crippen molar-refractivity contribution in [3.63, 3.8) is 0 Å². The first-order valence-corrected chi connectivity index (χ1v) is 14.0. The lowest BCUT2D eigenvalue weighted by Crippen LogP contribution is -2.52. The molecule has 0 aliphatic rings.